The van der Waals surface area contributed by atoms with Gasteiger partial charge in [-0.1, -0.05) is 0 Å². The first-order chi connectivity index (χ1) is 8.20. The van der Waals surface area contributed by atoms with Crippen LogP contribution in [0.2, 0.25) is 0 Å². The van der Waals surface area contributed by atoms with Crippen LogP contribution in [0.4, 0.5) is 0 Å². The van der Waals surface area contributed by atoms with Crippen LogP contribution in [-0.2, 0) is 9.53 Å². The van der Waals surface area contributed by atoms with Crippen LogP contribution in [0.25, 0.3) is 0 Å². The smallest absolute Gasteiger partial charge is 0.237 e. The Labute approximate surface area is 104 Å². The molecule has 5 heteroatoms. The molecule has 0 aromatic rings. The standard InChI is InChI=1S/C12H25N3O2/c1-10(12(16)14-6-4-8-17-2)15-7-3-5-11(15)9-13/h10-11H,3-9,13H2,1-2H3,(H,14,16). The molecule has 1 rings (SSSR count). The zero-order valence-electron chi connectivity index (χ0n) is 10.9. The van der Waals surface area contributed by atoms with E-state index in [0.29, 0.717) is 25.7 Å². The van der Waals surface area contributed by atoms with E-state index >= 15 is 0 Å². The molecule has 100 valence electrons. The molecule has 1 saturated heterocycles. The summed E-state index contributed by atoms with van der Waals surface area (Å²) >= 11 is 0. The van der Waals surface area contributed by atoms with Crippen molar-refractivity contribution in [3.8, 4) is 0 Å². The molecule has 5 nitrogen and oxygen atoms in total. The number of rotatable bonds is 7. The van der Waals surface area contributed by atoms with Crippen molar-refractivity contribution in [3.05, 3.63) is 0 Å². The van der Waals surface area contributed by atoms with Crippen molar-refractivity contribution < 1.29 is 9.53 Å². The van der Waals surface area contributed by atoms with Gasteiger partial charge in [-0.25, -0.2) is 0 Å². The lowest BCUT2D eigenvalue weighted by Gasteiger charge is -2.28. The summed E-state index contributed by atoms with van der Waals surface area (Å²) in [5.41, 5.74) is 5.71. The maximum atomic E-state index is 11.9. The fourth-order valence-electron chi connectivity index (χ4n) is 2.35. The number of amides is 1. The number of carbonyl (C=O) groups excluding carboxylic acids is 1. The van der Waals surface area contributed by atoms with E-state index in [1.54, 1.807) is 7.11 Å². The molecule has 0 radical (unpaired) electrons. The van der Waals surface area contributed by atoms with E-state index in [0.717, 1.165) is 25.8 Å². The highest BCUT2D eigenvalue weighted by Crippen LogP contribution is 2.19. The monoisotopic (exact) mass is 243 g/mol. The van der Waals surface area contributed by atoms with Crippen LogP contribution in [0.15, 0.2) is 0 Å². The Morgan fingerprint density at radius 1 is 1.65 bits per heavy atom. The normalized spacial score (nSPS) is 22.6. The molecule has 2 atom stereocenters. The van der Waals surface area contributed by atoms with Gasteiger partial charge in [-0.15, -0.1) is 0 Å². The zero-order chi connectivity index (χ0) is 12.7. The molecule has 1 aliphatic rings. The Kier molecular flexibility index (Phi) is 6.47. The molecule has 0 spiro atoms. The van der Waals surface area contributed by atoms with Crippen molar-refractivity contribution >= 4 is 5.91 Å². The van der Waals surface area contributed by atoms with E-state index in [2.05, 4.69) is 10.2 Å². The second-order valence-corrected chi connectivity index (χ2v) is 4.58. The molecule has 2 unspecified atom stereocenters. The first kappa shape index (κ1) is 14.4. The first-order valence-corrected chi connectivity index (χ1v) is 6.43. The number of methoxy groups -OCH3 is 1. The maximum Gasteiger partial charge on any atom is 0.237 e. The number of carbonyl (C=O) groups is 1. The third-order valence-electron chi connectivity index (χ3n) is 3.40. The molecule has 1 aliphatic heterocycles. The topological polar surface area (TPSA) is 67.6 Å². The molecular formula is C12H25N3O2. The number of nitrogens with one attached hydrogen (secondary N) is 1. The van der Waals surface area contributed by atoms with Gasteiger partial charge in [0.15, 0.2) is 0 Å². The maximum absolute atomic E-state index is 11.9. The van der Waals surface area contributed by atoms with Gasteiger partial charge in [-0.2, -0.15) is 0 Å². The summed E-state index contributed by atoms with van der Waals surface area (Å²) in [6.07, 6.45) is 3.11. The van der Waals surface area contributed by atoms with Gasteiger partial charge in [0.25, 0.3) is 0 Å². The largest absolute Gasteiger partial charge is 0.385 e. The summed E-state index contributed by atoms with van der Waals surface area (Å²) in [5, 5.41) is 2.94. The van der Waals surface area contributed by atoms with Gasteiger partial charge in [0, 0.05) is 32.8 Å². The fraction of sp³-hybridized carbons (Fsp3) is 0.917. The summed E-state index contributed by atoms with van der Waals surface area (Å²) in [6.45, 7) is 4.94. The van der Waals surface area contributed by atoms with Gasteiger partial charge in [0.1, 0.15) is 0 Å². The Morgan fingerprint density at radius 2 is 2.41 bits per heavy atom. The fourth-order valence-corrected chi connectivity index (χ4v) is 2.35. The minimum absolute atomic E-state index is 0.0754. The molecule has 1 fully saturated rings. The zero-order valence-corrected chi connectivity index (χ0v) is 10.9. The summed E-state index contributed by atoms with van der Waals surface area (Å²) in [5.74, 6) is 0.0986. The average Bonchev–Trinajstić information content (AvgIpc) is 2.81. The van der Waals surface area contributed by atoms with E-state index < -0.39 is 0 Å². The SMILES string of the molecule is COCCCNC(=O)C(C)N1CCCC1CN. The molecule has 3 N–H and O–H groups in total. The third kappa shape index (κ3) is 4.26. The van der Waals surface area contributed by atoms with Crippen LogP contribution in [0.5, 0.6) is 0 Å². The number of likely N-dealkylation sites (tertiary alicyclic amines) is 1. The quantitative estimate of drug-likeness (QED) is 0.615. The van der Waals surface area contributed by atoms with Gasteiger partial charge in [-0.3, -0.25) is 9.69 Å². The van der Waals surface area contributed by atoms with Crippen LogP contribution in [0.1, 0.15) is 26.2 Å². The number of nitrogens with zero attached hydrogens (tertiary/aromatic N) is 1. The molecule has 1 heterocycles. The van der Waals surface area contributed by atoms with Crippen LogP contribution in [-0.4, -0.2) is 56.2 Å². The predicted octanol–water partition coefficient (Wildman–Crippen LogP) is -0.0493. The van der Waals surface area contributed by atoms with E-state index in [1.165, 1.54) is 0 Å². The van der Waals surface area contributed by atoms with E-state index in [1.807, 2.05) is 6.92 Å². The molecule has 0 aliphatic carbocycles. The lowest BCUT2D eigenvalue weighted by molar-refractivity contribution is -0.126. The first-order valence-electron chi connectivity index (χ1n) is 6.43. The molecular weight excluding hydrogens is 218 g/mol. The average molecular weight is 243 g/mol. The molecule has 0 saturated carbocycles. The molecule has 0 aromatic heterocycles. The summed E-state index contributed by atoms with van der Waals surface area (Å²) in [6, 6.07) is 0.295. The number of ether oxygens (including phenoxy) is 1. The predicted molar refractivity (Wildman–Crippen MR) is 67.7 cm³/mol. The number of hydrogen-bond acceptors (Lipinski definition) is 4. The van der Waals surface area contributed by atoms with Crippen LogP contribution < -0.4 is 11.1 Å². The van der Waals surface area contributed by atoms with Crippen LogP contribution in [0.3, 0.4) is 0 Å². The van der Waals surface area contributed by atoms with Gasteiger partial charge >= 0.3 is 0 Å². The summed E-state index contributed by atoms with van der Waals surface area (Å²) in [7, 11) is 1.67. The van der Waals surface area contributed by atoms with Crippen molar-refractivity contribution in [2.24, 2.45) is 5.73 Å². The highest BCUT2D eigenvalue weighted by Gasteiger charge is 2.30. The minimum Gasteiger partial charge on any atom is -0.385 e. The lowest BCUT2D eigenvalue weighted by Crippen LogP contribution is -2.49. The second-order valence-electron chi connectivity index (χ2n) is 4.58. The Morgan fingerprint density at radius 3 is 3.06 bits per heavy atom. The van der Waals surface area contributed by atoms with E-state index in [4.69, 9.17) is 10.5 Å². The van der Waals surface area contributed by atoms with E-state index in [-0.39, 0.29) is 11.9 Å². The summed E-state index contributed by atoms with van der Waals surface area (Å²) < 4.78 is 4.94. The Hall–Kier alpha value is -0.650. The van der Waals surface area contributed by atoms with Gasteiger partial charge in [-0.05, 0) is 32.7 Å². The Bertz CT molecular complexity index is 236. The minimum atomic E-state index is -0.0754. The van der Waals surface area contributed by atoms with Gasteiger partial charge in [0.05, 0.1) is 6.04 Å². The van der Waals surface area contributed by atoms with Crippen molar-refractivity contribution in [3.63, 3.8) is 0 Å². The van der Waals surface area contributed by atoms with Gasteiger partial charge < -0.3 is 15.8 Å². The number of nitrogens with two attached hydrogens (primary N) is 1. The highest BCUT2D eigenvalue weighted by atomic mass is 16.5. The van der Waals surface area contributed by atoms with Gasteiger partial charge in [0.2, 0.25) is 5.91 Å². The molecule has 17 heavy (non-hydrogen) atoms. The lowest BCUT2D eigenvalue weighted by atomic mass is 10.2. The summed E-state index contributed by atoms with van der Waals surface area (Å²) in [4.78, 5) is 14.1. The second kappa shape index (κ2) is 7.63. The molecule has 0 aromatic carbocycles. The Balaban J connectivity index is 2.30. The van der Waals surface area contributed by atoms with E-state index in [9.17, 15) is 4.79 Å². The highest BCUT2D eigenvalue weighted by molar-refractivity contribution is 5.81. The molecule has 0 bridgehead atoms. The van der Waals surface area contributed by atoms with Crippen molar-refractivity contribution in [1.29, 1.82) is 0 Å². The number of hydrogen-bond donors (Lipinski definition) is 2. The van der Waals surface area contributed by atoms with Crippen molar-refractivity contribution in [2.45, 2.75) is 38.3 Å². The van der Waals surface area contributed by atoms with Crippen LogP contribution in [0, 0.1) is 0 Å². The van der Waals surface area contributed by atoms with Crippen molar-refractivity contribution in [1.82, 2.24) is 10.2 Å². The van der Waals surface area contributed by atoms with Crippen molar-refractivity contribution in [2.75, 3.05) is 33.4 Å². The van der Waals surface area contributed by atoms with Crippen LogP contribution >= 0.6 is 0 Å². The molecule has 1 amide bonds. The third-order valence-corrected chi connectivity index (χ3v) is 3.40.